The summed E-state index contributed by atoms with van der Waals surface area (Å²) >= 11 is 0. The minimum absolute atomic E-state index is 0.00184. The van der Waals surface area contributed by atoms with E-state index < -0.39 is 0 Å². The van der Waals surface area contributed by atoms with Crippen molar-refractivity contribution in [3.63, 3.8) is 0 Å². The Labute approximate surface area is 209 Å². The van der Waals surface area contributed by atoms with Crippen LogP contribution in [-0.2, 0) is 22.5 Å². The van der Waals surface area contributed by atoms with Crippen LogP contribution in [0.4, 0.5) is 11.4 Å². The predicted octanol–water partition coefficient (Wildman–Crippen LogP) is 6.45. The number of nitrogens with one attached hydrogen (secondary N) is 1. The van der Waals surface area contributed by atoms with E-state index in [1.807, 2.05) is 0 Å². The van der Waals surface area contributed by atoms with Crippen molar-refractivity contribution >= 4 is 17.3 Å². The number of ether oxygens (including phenoxy) is 1. The number of aryl methyl sites for hydroxylation is 2. The molecule has 35 heavy (non-hydrogen) atoms. The lowest BCUT2D eigenvalue weighted by atomic mass is 10.0. The summed E-state index contributed by atoms with van der Waals surface area (Å²) in [5.74, 6) is 0.0650. The first-order valence-electron chi connectivity index (χ1n) is 12.9. The van der Waals surface area contributed by atoms with E-state index >= 15 is 0 Å². The van der Waals surface area contributed by atoms with Crippen LogP contribution in [-0.4, -0.2) is 24.7 Å². The number of nitrogens with zero attached hydrogens (tertiary/aromatic N) is 1. The molecule has 4 heteroatoms. The Morgan fingerprint density at radius 3 is 2.14 bits per heavy atom. The molecule has 1 N–H and O–H groups in total. The summed E-state index contributed by atoms with van der Waals surface area (Å²) in [5, 5.41) is 3.76. The zero-order chi connectivity index (χ0) is 24.2. The van der Waals surface area contributed by atoms with Gasteiger partial charge in [-0.2, -0.15) is 0 Å². The average molecular weight is 469 g/mol. The van der Waals surface area contributed by atoms with Crippen LogP contribution in [0.2, 0.25) is 0 Å². The minimum Gasteiger partial charge on any atom is -0.463 e. The van der Waals surface area contributed by atoms with E-state index in [0.717, 1.165) is 31.5 Å². The fraction of sp³-hybridized carbons (Fsp3) is 0.387. The maximum Gasteiger partial charge on any atom is 0.309 e. The zero-order valence-electron chi connectivity index (χ0n) is 20.9. The molecule has 0 amide bonds. The predicted molar refractivity (Wildman–Crippen MR) is 143 cm³/mol. The molecule has 0 aliphatic heterocycles. The van der Waals surface area contributed by atoms with Crippen molar-refractivity contribution in [2.24, 2.45) is 5.92 Å². The number of para-hydroxylation sites is 2. The van der Waals surface area contributed by atoms with Gasteiger partial charge >= 0.3 is 5.97 Å². The molecule has 0 bridgehead atoms. The van der Waals surface area contributed by atoms with Crippen LogP contribution in [0.1, 0.15) is 47.9 Å². The van der Waals surface area contributed by atoms with E-state index in [2.05, 4.69) is 96.9 Å². The first kappa shape index (κ1) is 23.5. The molecule has 3 aromatic rings. The SMILES string of the molecule is Cc1ccc(C[C@@H](COC(=O)C2CC2)Nc2ccccc2N(Cc2ccc(C)cc2)C2CC2)cc1. The molecule has 1 atom stereocenters. The molecule has 4 nitrogen and oxygen atoms in total. The highest BCUT2D eigenvalue weighted by Gasteiger charge is 2.33. The molecule has 2 aliphatic rings. The number of hydrogen-bond acceptors (Lipinski definition) is 4. The standard InChI is InChI=1S/C31H36N2O2/c1-22-7-11-24(12-8-22)19-27(21-35-31(34)26-15-16-26)32-29-5-3-4-6-30(29)33(28-17-18-28)20-25-13-9-23(2)10-14-25/h3-14,26-28,32H,15-21H2,1-2H3/t27-/m0/s1. The maximum atomic E-state index is 12.3. The first-order valence-corrected chi connectivity index (χ1v) is 12.9. The third-order valence-electron chi connectivity index (χ3n) is 6.97. The number of carbonyl (C=O) groups excluding carboxylic acids is 1. The lowest BCUT2D eigenvalue weighted by Gasteiger charge is -2.29. The quantitative estimate of drug-likeness (QED) is 0.328. The van der Waals surface area contributed by atoms with Crippen LogP contribution in [0.25, 0.3) is 0 Å². The minimum atomic E-state index is -0.0482. The Bertz CT molecular complexity index is 1130. The molecule has 0 aromatic heterocycles. The highest BCUT2D eigenvalue weighted by atomic mass is 16.5. The summed E-state index contributed by atoms with van der Waals surface area (Å²) < 4.78 is 5.75. The van der Waals surface area contributed by atoms with E-state index in [4.69, 9.17) is 4.74 Å². The van der Waals surface area contributed by atoms with Gasteiger partial charge < -0.3 is 15.0 Å². The topological polar surface area (TPSA) is 41.6 Å². The van der Waals surface area contributed by atoms with Crippen LogP contribution >= 0.6 is 0 Å². The second kappa shape index (κ2) is 10.6. The number of carbonyl (C=O) groups is 1. The highest BCUT2D eigenvalue weighted by molar-refractivity contribution is 5.75. The highest BCUT2D eigenvalue weighted by Crippen LogP contribution is 2.37. The fourth-order valence-electron chi connectivity index (χ4n) is 4.53. The Balaban J connectivity index is 1.36. The molecule has 2 saturated carbocycles. The van der Waals surface area contributed by atoms with Crippen molar-refractivity contribution in [2.45, 2.75) is 64.6 Å². The summed E-state index contributed by atoms with van der Waals surface area (Å²) in [7, 11) is 0. The monoisotopic (exact) mass is 468 g/mol. The fourth-order valence-corrected chi connectivity index (χ4v) is 4.53. The van der Waals surface area contributed by atoms with Crippen molar-refractivity contribution < 1.29 is 9.53 Å². The summed E-state index contributed by atoms with van der Waals surface area (Å²) in [6.07, 6.45) is 5.19. The molecule has 0 spiro atoms. The van der Waals surface area contributed by atoms with Crippen LogP contribution in [0.15, 0.2) is 72.8 Å². The molecule has 5 rings (SSSR count). The molecule has 0 heterocycles. The normalized spacial score (nSPS) is 15.9. The Kier molecular flexibility index (Phi) is 7.08. The number of anilines is 2. The number of benzene rings is 3. The maximum absolute atomic E-state index is 12.3. The van der Waals surface area contributed by atoms with E-state index in [1.165, 1.54) is 40.8 Å². The summed E-state index contributed by atoms with van der Waals surface area (Å²) in [6.45, 7) is 5.50. The van der Waals surface area contributed by atoms with Crippen LogP contribution in [0.3, 0.4) is 0 Å². The van der Waals surface area contributed by atoms with E-state index in [1.54, 1.807) is 0 Å². The lowest BCUT2D eigenvalue weighted by Crippen LogP contribution is -2.32. The Morgan fingerprint density at radius 1 is 0.886 bits per heavy atom. The Hall–Kier alpha value is -3.27. The van der Waals surface area contributed by atoms with Gasteiger partial charge in [0.05, 0.1) is 23.3 Å². The van der Waals surface area contributed by atoms with E-state index in [0.29, 0.717) is 12.6 Å². The molecular weight excluding hydrogens is 432 g/mol. The van der Waals surface area contributed by atoms with Gasteiger partial charge in [-0.05, 0) is 69.2 Å². The lowest BCUT2D eigenvalue weighted by molar-refractivity contribution is -0.145. The molecule has 182 valence electrons. The van der Waals surface area contributed by atoms with Gasteiger partial charge in [0, 0.05) is 12.6 Å². The molecule has 3 aromatic carbocycles. The van der Waals surface area contributed by atoms with Crippen molar-refractivity contribution in [2.75, 3.05) is 16.8 Å². The number of esters is 1. The third kappa shape index (κ3) is 6.45. The van der Waals surface area contributed by atoms with Gasteiger partial charge in [-0.15, -0.1) is 0 Å². The van der Waals surface area contributed by atoms with Gasteiger partial charge in [0.15, 0.2) is 0 Å². The summed E-state index contributed by atoms with van der Waals surface area (Å²) in [6, 6.07) is 26.6. The second-order valence-corrected chi connectivity index (χ2v) is 10.3. The van der Waals surface area contributed by atoms with Crippen LogP contribution < -0.4 is 10.2 Å². The Morgan fingerprint density at radius 2 is 1.51 bits per heavy atom. The zero-order valence-corrected chi connectivity index (χ0v) is 20.9. The van der Waals surface area contributed by atoms with Crippen molar-refractivity contribution in [1.29, 1.82) is 0 Å². The first-order chi connectivity index (χ1) is 17.0. The van der Waals surface area contributed by atoms with Crippen LogP contribution in [0.5, 0.6) is 0 Å². The van der Waals surface area contributed by atoms with E-state index in [9.17, 15) is 4.79 Å². The van der Waals surface area contributed by atoms with Gasteiger partial charge in [-0.3, -0.25) is 4.79 Å². The molecule has 0 radical (unpaired) electrons. The van der Waals surface area contributed by atoms with Crippen LogP contribution in [0, 0.1) is 19.8 Å². The molecule has 2 fully saturated rings. The number of hydrogen-bond donors (Lipinski definition) is 1. The van der Waals surface area contributed by atoms with Gasteiger partial charge in [-0.25, -0.2) is 0 Å². The number of rotatable bonds is 11. The van der Waals surface area contributed by atoms with Crippen molar-refractivity contribution in [1.82, 2.24) is 0 Å². The third-order valence-corrected chi connectivity index (χ3v) is 6.97. The van der Waals surface area contributed by atoms with Gasteiger partial charge in [-0.1, -0.05) is 71.8 Å². The summed E-state index contributed by atoms with van der Waals surface area (Å²) in [5.41, 5.74) is 7.43. The average Bonchev–Trinajstić information content (AvgIpc) is 3.77. The molecule has 0 unspecified atom stereocenters. The van der Waals surface area contributed by atoms with Gasteiger partial charge in [0.1, 0.15) is 6.61 Å². The molecule has 0 saturated heterocycles. The molecular formula is C31H36N2O2. The van der Waals surface area contributed by atoms with Crippen molar-refractivity contribution in [3.8, 4) is 0 Å². The van der Waals surface area contributed by atoms with Crippen molar-refractivity contribution in [3.05, 3.63) is 95.1 Å². The van der Waals surface area contributed by atoms with Gasteiger partial charge in [0.2, 0.25) is 0 Å². The van der Waals surface area contributed by atoms with Gasteiger partial charge in [0.25, 0.3) is 0 Å². The second-order valence-electron chi connectivity index (χ2n) is 10.3. The summed E-state index contributed by atoms with van der Waals surface area (Å²) in [4.78, 5) is 14.8. The molecule has 2 aliphatic carbocycles. The largest absolute Gasteiger partial charge is 0.463 e. The van der Waals surface area contributed by atoms with E-state index in [-0.39, 0.29) is 17.9 Å². The smallest absolute Gasteiger partial charge is 0.309 e.